The normalized spacial score (nSPS) is 12.2. The lowest BCUT2D eigenvalue weighted by atomic mass is 10.2. The van der Waals surface area contributed by atoms with Crippen LogP contribution in [0.3, 0.4) is 0 Å². The number of alkyl halides is 3. The maximum Gasteiger partial charge on any atom is 0.417 e. The molecular weight excluding hydrogens is 409 g/mol. The summed E-state index contributed by atoms with van der Waals surface area (Å²) in [7, 11) is 0. The molecule has 2 amide bonds. The third-order valence-corrected chi connectivity index (χ3v) is 4.24. The van der Waals surface area contributed by atoms with E-state index in [0.717, 1.165) is 12.3 Å². The number of hydrogen-bond acceptors (Lipinski definition) is 4. The zero-order chi connectivity index (χ0) is 21.4. The average Bonchev–Trinajstić information content (AvgIpc) is 2.67. The standard InChI is InChI=1S/C19H20ClF3N4O2/c1-12(27-18(29)14-5-2-3-6-15(14)20)17(28)25-10-4-9-24-16-8-7-13(11-26-16)19(21,22)23/h2-3,5-8,11-12H,4,9-10H2,1H3,(H,24,26)(H,25,28)(H,27,29). The van der Waals surface area contributed by atoms with E-state index in [-0.39, 0.29) is 11.5 Å². The van der Waals surface area contributed by atoms with E-state index in [9.17, 15) is 22.8 Å². The number of nitrogens with one attached hydrogen (secondary N) is 3. The Labute approximate surface area is 170 Å². The van der Waals surface area contributed by atoms with Gasteiger partial charge in [0, 0.05) is 19.3 Å². The minimum atomic E-state index is -4.42. The highest BCUT2D eigenvalue weighted by Gasteiger charge is 2.30. The summed E-state index contributed by atoms with van der Waals surface area (Å²) in [6.07, 6.45) is -3.15. The molecule has 6 nitrogen and oxygen atoms in total. The second-order valence-electron chi connectivity index (χ2n) is 6.18. The van der Waals surface area contributed by atoms with Gasteiger partial charge in [-0.25, -0.2) is 4.98 Å². The Morgan fingerprint density at radius 3 is 2.48 bits per heavy atom. The van der Waals surface area contributed by atoms with Gasteiger partial charge in [0.05, 0.1) is 16.1 Å². The molecule has 1 aromatic heterocycles. The van der Waals surface area contributed by atoms with Crippen LogP contribution in [0, 0.1) is 0 Å². The van der Waals surface area contributed by atoms with Crippen molar-refractivity contribution in [2.45, 2.75) is 25.6 Å². The van der Waals surface area contributed by atoms with E-state index in [0.29, 0.717) is 30.4 Å². The molecule has 0 bridgehead atoms. The molecule has 0 aliphatic heterocycles. The van der Waals surface area contributed by atoms with E-state index in [1.807, 2.05) is 0 Å². The molecule has 1 aromatic carbocycles. The summed E-state index contributed by atoms with van der Waals surface area (Å²) in [6.45, 7) is 2.27. The summed E-state index contributed by atoms with van der Waals surface area (Å²) in [5.74, 6) is -0.504. The largest absolute Gasteiger partial charge is 0.417 e. The Morgan fingerprint density at radius 1 is 1.14 bits per heavy atom. The predicted octanol–water partition coefficient (Wildman–Crippen LogP) is 3.49. The number of benzene rings is 1. The second kappa shape index (κ2) is 10.1. The van der Waals surface area contributed by atoms with Crippen LogP contribution in [0.1, 0.15) is 29.3 Å². The van der Waals surface area contributed by atoms with Gasteiger partial charge < -0.3 is 16.0 Å². The topological polar surface area (TPSA) is 83.1 Å². The van der Waals surface area contributed by atoms with Crippen LogP contribution in [0.15, 0.2) is 42.6 Å². The van der Waals surface area contributed by atoms with Crippen molar-refractivity contribution in [3.63, 3.8) is 0 Å². The number of anilines is 1. The first kappa shape index (κ1) is 22.5. The molecule has 0 radical (unpaired) electrons. The molecule has 10 heteroatoms. The number of pyridine rings is 1. The van der Waals surface area contributed by atoms with Crippen LogP contribution in [-0.2, 0) is 11.0 Å². The number of amides is 2. The van der Waals surface area contributed by atoms with Crippen LogP contribution in [0.25, 0.3) is 0 Å². The van der Waals surface area contributed by atoms with Crippen molar-refractivity contribution in [3.05, 3.63) is 58.7 Å². The van der Waals surface area contributed by atoms with Gasteiger partial charge >= 0.3 is 6.18 Å². The van der Waals surface area contributed by atoms with Gasteiger partial charge in [-0.2, -0.15) is 13.2 Å². The van der Waals surface area contributed by atoms with E-state index in [4.69, 9.17) is 11.6 Å². The fraction of sp³-hybridized carbons (Fsp3) is 0.316. The fourth-order valence-corrected chi connectivity index (χ4v) is 2.54. The first-order chi connectivity index (χ1) is 13.7. The summed E-state index contributed by atoms with van der Waals surface area (Å²) < 4.78 is 37.4. The molecule has 0 aliphatic carbocycles. The molecule has 2 rings (SSSR count). The summed E-state index contributed by atoms with van der Waals surface area (Å²) >= 11 is 5.95. The zero-order valence-electron chi connectivity index (χ0n) is 15.5. The van der Waals surface area contributed by atoms with Crippen LogP contribution in [0.5, 0.6) is 0 Å². The van der Waals surface area contributed by atoms with Crippen LogP contribution in [0.2, 0.25) is 5.02 Å². The highest BCUT2D eigenvalue weighted by Crippen LogP contribution is 2.28. The van der Waals surface area contributed by atoms with Crippen LogP contribution >= 0.6 is 11.6 Å². The van der Waals surface area contributed by atoms with Gasteiger partial charge in [0.15, 0.2) is 0 Å². The van der Waals surface area contributed by atoms with Gasteiger partial charge in [0.2, 0.25) is 5.91 Å². The summed E-state index contributed by atoms with van der Waals surface area (Å²) in [4.78, 5) is 27.9. The smallest absolute Gasteiger partial charge is 0.370 e. The maximum absolute atomic E-state index is 12.5. The minimum absolute atomic E-state index is 0.280. The molecule has 0 aliphatic rings. The molecule has 1 atom stereocenters. The molecule has 0 saturated heterocycles. The summed E-state index contributed by atoms with van der Waals surface area (Å²) in [5.41, 5.74) is -0.537. The van der Waals surface area contributed by atoms with Crippen LogP contribution in [0.4, 0.5) is 19.0 Å². The maximum atomic E-state index is 12.5. The molecule has 0 fully saturated rings. The third kappa shape index (κ3) is 6.94. The van der Waals surface area contributed by atoms with Crippen molar-refractivity contribution < 1.29 is 22.8 Å². The third-order valence-electron chi connectivity index (χ3n) is 3.91. The van der Waals surface area contributed by atoms with Crippen molar-refractivity contribution in [2.24, 2.45) is 0 Å². The molecule has 0 spiro atoms. The molecule has 1 unspecified atom stereocenters. The van der Waals surface area contributed by atoms with Gasteiger partial charge in [-0.05, 0) is 37.6 Å². The molecular formula is C19H20ClF3N4O2. The predicted molar refractivity (Wildman–Crippen MR) is 104 cm³/mol. The molecule has 2 aromatic rings. The van der Waals surface area contributed by atoms with Crippen molar-refractivity contribution in [3.8, 4) is 0 Å². The van der Waals surface area contributed by atoms with Gasteiger partial charge in [0.1, 0.15) is 11.9 Å². The van der Waals surface area contributed by atoms with E-state index in [1.54, 1.807) is 31.2 Å². The van der Waals surface area contributed by atoms with E-state index < -0.39 is 23.7 Å². The van der Waals surface area contributed by atoms with Gasteiger partial charge in [-0.1, -0.05) is 23.7 Å². The Balaban J connectivity index is 1.69. The van der Waals surface area contributed by atoms with Crippen molar-refractivity contribution >= 4 is 29.2 Å². The Bertz CT molecular complexity index is 844. The molecule has 3 N–H and O–H groups in total. The molecule has 156 valence electrons. The van der Waals surface area contributed by atoms with Gasteiger partial charge in [-0.15, -0.1) is 0 Å². The fourth-order valence-electron chi connectivity index (χ4n) is 2.32. The van der Waals surface area contributed by atoms with Crippen molar-refractivity contribution in [2.75, 3.05) is 18.4 Å². The molecule has 1 heterocycles. The number of hydrogen-bond donors (Lipinski definition) is 3. The number of rotatable bonds is 8. The first-order valence-corrected chi connectivity index (χ1v) is 9.16. The monoisotopic (exact) mass is 428 g/mol. The first-order valence-electron chi connectivity index (χ1n) is 8.78. The lowest BCUT2D eigenvalue weighted by Gasteiger charge is -2.15. The Hall–Kier alpha value is -2.81. The van der Waals surface area contributed by atoms with Crippen LogP contribution in [-0.4, -0.2) is 35.9 Å². The van der Waals surface area contributed by atoms with Crippen molar-refractivity contribution in [1.29, 1.82) is 0 Å². The molecule has 0 saturated carbocycles. The summed E-state index contributed by atoms with van der Waals surface area (Å²) in [5, 5.41) is 8.41. The van der Waals surface area contributed by atoms with E-state index in [2.05, 4.69) is 20.9 Å². The van der Waals surface area contributed by atoms with E-state index >= 15 is 0 Å². The van der Waals surface area contributed by atoms with Crippen LogP contribution < -0.4 is 16.0 Å². The highest BCUT2D eigenvalue weighted by molar-refractivity contribution is 6.33. The number of halogens is 4. The Morgan fingerprint density at radius 2 is 1.86 bits per heavy atom. The van der Waals surface area contributed by atoms with E-state index in [1.165, 1.54) is 6.07 Å². The second-order valence-corrected chi connectivity index (χ2v) is 6.58. The van der Waals surface area contributed by atoms with Gasteiger partial charge in [0.25, 0.3) is 5.91 Å². The minimum Gasteiger partial charge on any atom is -0.370 e. The Kier molecular flexibility index (Phi) is 7.83. The average molecular weight is 429 g/mol. The van der Waals surface area contributed by atoms with Crippen molar-refractivity contribution in [1.82, 2.24) is 15.6 Å². The summed E-state index contributed by atoms with van der Waals surface area (Å²) in [6, 6.07) is 7.94. The number of nitrogens with zero attached hydrogens (tertiary/aromatic N) is 1. The lowest BCUT2D eigenvalue weighted by molar-refractivity contribution is -0.137. The lowest BCUT2D eigenvalue weighted by Crippen LogP contribution is -2.45. The van der Waals surface area contributed by atoms with Gasteiger partial charge in [-0.3, -0.25) is 9.59 Å². The zero-order valence-corrected chi connectivity index (χ0v) is 16.3. The number of aromatic nitrogens is 1. The number of carbonyl (C=O) groups excluding carboxylic acids is 2. The highest BCUT2D eigenvalue weighted by atomic mass is 35.5. The molecule has 29 heavy (non-hydrogen) atoms. The number of carbonyl (C=O) groups is 2. The SMILES string of the molecule is CC(NC(=O)c1ccccc1Cl)C(=O)NCCCNc1ccc(C(F)(F)F)cn1. The quantitative estimate of drug-likeness (QED) is 0.562.